The number of rotatable bonds is 6. The van der Waals surface area contributed by atoms with E-state index in [0.717, 1.165) is 71.4 Å². The van der Waals surface area contributed by atoms with E-state index in [2.05, 4.69) is 221 Å². The Kier molecular flexibility index (Phi) is 8.01. The summed E-state index contributed by atoms with van der Waals surface area (Å²) >= 11 is 1.85. The number of hydrogen-bond donors (Lipinski definition) is 0. The zero-order valence-corrected chi connectivity index (χ0v) is 34.7. The fourth-order valence-corrected chi connectivity index (χ4v) is 10.5. The third kappa shape index (κ3) is 5.80. The molecule has 4 heterocycles. The lowest BCUT2D eigenvalue weighted by Gasteiger charge is -2.13. The lowest BCUT2D eigenvalue weighted by molar-refractivity contribution is 0.893. The molecule has 0 radical (unpaired) electrons. The Morgan fingerprint density at radius 2 is 0.714 bits per heavy atom. The molecule has 0 aliphatic rings. The third-order valence-corrected chi connectivity index (χ3v) is 13.6. The standard InChI is InChI=1S/C57H35N5S/c1-2-13-36(14-3-1)42-29-31-46-45-19-6-10-23-51(45)62(52(46)35-42)57-59-55(58-56(60-57)61-49-21-8-4-17-43(49)44-18-5-9-22-50(44)61)38-27-25-37(26-28-38)39-15-12-16-40(33-39)41-30-32-54-48(34-41)47-20-7-11-24-53(47)63-54/h1-35H. The van der Waals surface area contributed by atoms with Crippen molar-refractivity contribution >= 4 is 75.1 Å². The molecule has 4 aromatic heterocycles. The molecule has 0 aliphatic heterocycles. The van der Waals surface area contributed by atoms with E-state index in [1.165, 1.54) is 31.3 Å². The van der Waals surface area contributed by atoms with E-state index in [9.17, 15) is 0 Å². The van der Waals surface area contributed by atoms with Crippen LogP contribution in [0.25, 0.3) is 120 Å². The van der Waals surface area contributed by atoms with E-state index in [1.807, 2.05) is 11.3 Å². The summed E-state index contributed by atoms with van der Waals surface area (Å²) in [6.45, 7) is 0. The number of aromatic nitrogens is 5. The van der Waals surface area contributed by atoms with Crippen LogP contribution in [0.3, 0.4) is 0 Å². The largest absolute Gasteiger partial charge is 0.278 e. The number of hydrogen-bond acceptors (Lipinski definition) is 4. The lowest BCUT2D eigenvalue weighted by atomic mass is 9.97. The van der Waals surface area contributed by atoms with Gasteiger partial charge in [-0.15, -0.1) is 11.3 Å². The third-order valence-electron chi connectivity index (χ3n) is 12.4. The van der Waals surface area contributed by atoms with Gasteiger partial charge in [0.15, 0.2) is 5.82 Å². The first-order chi connectivity index (χ1) is 31.2. The lowest BCUT2D eigenvalue weighted by Crippen LogP contribution is -2.10. The van der Waals surface area contributed by atoms with Gasteiger partial charge >= 0.3 is 0 Å². The molecule has 9 aromatic carbocycles. The molecular weight excluding hydrogens is 787 g/mol. The molecule has 0 unspecified atom stereocenters. The van der Waals surface area contributed by atoms with Gasteiger partial charge in [0.2, 0.25) is 11.9 Å². The second-order valence-corrected chi connectivity index (χ2v) is 17.1. The van der Waals surface area contributed by atoms with Crippen LogP contribution in [0, 0.1) is 0 Å². The number of benzene rings is 9. The number of thiophene rings is 1. The van der Waals surface area contributed by atoms with Crippen molar-refractivity contribution in [2.24, 2.45) is 0 Å². The summed E-state index contributed by atoms with van der Waals surface area (Å²) in [5, 5.41) is 7.19. The molecule has 0 N–H and O–H groups in total. The summed E-state index contributed by atoms with van der Waals surface area (Å²) in [6.07, 6.45) is 0. The average molecular weight is 822 g/mol. The molecule has 5 nitrogen and oxygen atoms in total. The van der Waals surface area contributed by atoms with Gasteiger partial charge in [0.25, 0.3) is 0 Å². The quantitative estimate of drug-likeness (QED) is 0.168. The van der Waals surface area contributed by atoms with Crippen LogP contribution in [0.15, 0.2) is 212 Å². The van der Waals surface area contributed by atoms with Gasteiger partial charge in [-0.1, -0.05) is 164 Å². The van der Waals surface area contributed by atoms with Gasteiger partial charge in [0.1, 0.15) is 0 Å². The smallest absolute Gasteiger partial charge is 0.240 e. The minimum absolute atomic E-state index is 0.556. The van der Waals surface area contributed by atoms with E-state index in [4.69, 9.17) is 15.0 Å². The van der Waals surface area contributed by atoms with Crippen LogP contribution in [0.2, 0.25) is 0 Å². The highest BCUT2D eigenvalue weighted by Gasteiger charge is 2.21. The van der Waals surface area contributed by atoms with E-state index in [0.29, 0.717) is 17.7 Å². The molecule has 0 saturated carbocycles. The molecule has 0 fully saturated rings. The van der Waals surface area contributed by atoms with E-state index < -0.39 is 0 Å². The Bertz CT molecular complexity index is 3860. The maximum atomic E-state index is 5.39. The second kappa shape index (κ2) is 14.2. The Morgan fingerprint density at radius 3 is 1.40 bits per heavy atom. The number of nitrogens with zero attached hydrogens (tertiary/aromatic N) is 5. The fraction of sp³-hybridized carbons (Fsp3) is 0. The zero-order valence-electron chi connectivity index (χ0n) is 33.9. The van der Waals surface area contributed by atoms with Gasteiger partial charge < -0.3 is 0 Å². The highest BCUT2D eigenvalue weighted by Crippen LogP contribution is 2.39. The summed E-state index contributed by atoms with van der Waals surface area (Å²) in [6, 6.07) is 75.7. The highest BCUT2D eigenvalue weighted by molar-refractivity contribution is 7.25. The van der Waals surface area contributed by atoms with Crippen molar-refractivity contribution in [3.05, 3.63) is 212 Å². The van der Waals surface area contributed by atoms with Crippen molar-refractivity contribution in [3.8, 4) is 56.7 Å². The molecule has 0 aliphatic carbocycles. The number of para-hydroxylation sites is 3. The van der Waals surface area contributed by atoms with Gasteiger partial charge in [-0.3, -0.25) is 9.13 Å². The maximum absolute atomic E-state index is 5.39. The summed E-state index contributed by atoms with van der Waals surface area (Å²) in [5.74, 6) is 1.71. The maximum Gasteiger partial charge on any atom is 0.240 e. The number of fused-ring (bicyclic) bond motifs is 9. The van der Waals surface area contributed by atoms with Crippen LogP contribution >= 0.6 is 11.3 Å². The zero-order chi connectivity index (χ0) is 41.4. The molecule has 0 bridgehead atoms. The Hall–Kier alpha value is -8.19. The van der Waals surface area contributed by atoms with Gasteiger partial charge in [-0.25, -0.2) is 0 Å². The summed E-state index contributed by atoms with van der Waals surface area (Å²) < 4.78 is 7.01. The van der Waals surface area contributed by atoms with Crippen LogP contribution in [-0.2, 0) is 0 Å². The molecular formula is C57H35N5S. The van der Waals surface area contributed by atoms with Crippen molar-refractivity contribution in [2.75, 3.05) is 0 Å². The highest BCUT2D eigenvalue weighted by atomic mass is 32.1. The molecule has 6 heteroatoms. The van der Waals surface area contributed by atoms with E-state index in [1.54, 1.807) is 0 Å². The normalized spacial score (nSPS) is 11.8. The summed E-state index contributed by atoms with van der Waals surface area (Å²) in [7, 11) is 0. The van der Waals surface area contributed by atoms with Crippen LogP contribution in [0.5, 0.6) is 0 Å². The van der Waals surface area contributed by atoms with Crippen LogP contribution in [0.1, 0.15) is 0 Å². The SMILES string of the molecule is c1ccc(-c2ccc3c4ccccc4n(-c4nc(-c5ccc(-c6cccc(-c7ccc8sc9ccccc9c8c7)c6)cc5)nc(-n5c6ccccc6c6ccccc65)n4)c3c2)cc1. The molecule has 0 atom stereocenters. The topological polar surface area (TPSA) is 48.5 Å². The van der Waals surface area contributed by atoms with Crippen molar-refractivity contribution in [1.29, 1.82) is 0 Å². The summed E-state index contributed by atoms with van der Waals surface area (Å²) in [4.78, 5) is 16.0. The Labute approximate surface area is 366 Å². The molecule has 0 amide bonds. The van der Waals surface area contributed by atoms with Gasteiger partial charge in [-0.05, 0) is 81.9 Å². The van der Waals surface area contributed by atoms with Crippen LogP contribution in [0.4, 0.5) is 0 Å². The first kappa shape index (κ1) is 35.6. The first-order valence-corrected chi connectivity index (χ1v) is 22.0. The van der Waals surface area contributed by atoms with E-state index >= 15 is 0 Å². The fourth-order valence-electron chi connectivity index (χ4n) is 9.41. The van der Waals surface area contributed by atoms with Gasteiger partial charge in [-0.2, -0.15) is 15.0 Å². The predicted octanol–water partition coefficient (Wildman–Crippen LogP) is 15.1. The molecule has 0 spiro atoms. The van der Waals surface area contributed by atoms with Crippen LogP contribution in [-0.4, -0.2) is 24.1 Å². The minimum atomic E-state index is 0.556. The molecule has 0 saturated heterocycles. The minimum Gasteiger partial charge on any atom is -0.278 e. The van der Waals surface area contributed by atoms with Gasteiger partial charge in [0.05, 0.1) is 22.1 Å². The van der Waals surface area contributed by atoms with Crippen molar-refractivity contribution < 1.29 is 0 Å². The molecule has 13 rings (SSSR count). The molecule has 294 valence electrons. The first-order valence-electron chi connectivity index (χ1n) is 21.2. The molecule has 63 heavy (non-hydrogen) atoms. The Morgan fingerprint density at radius 1 is 0.270 bits per heavy atom. The van der Waals surface area contributed by atoms with Crippen molar-refractivity contribution in [2.45, 2.75) is 0 Å². The van der Waals surface area contributed by atoms with Crippen molar-refractivity contribution in [3.63, 3.8) is 0 Å². The van der Waals surface area contributed by atoms with E-state index in [-0.39, 0.29) is 0 Å². The second-order valence-electron chi connectivity index (χ2n) is 16.0. The van der Waals surface area contributed by atoms with Gasteiger partial charge in [0, 0.05) is 47.3 Å². The van der Waals surface area contributed by atoms with Crippen LogP contribution < -0.4 is 0 Å². The average Bonchev–Trinajstić information content (AvgIpc) is 4.01. The molecule has 13 aromatic rings. The monoisotopic (exact) mass is 821 g/mol. The predicted molar refractivity (Wildman–Crippen MR) is 263 cm³/mol. The summed E-state index contributed by atoms with van der Waals surface area (Å²) in [5.41, 5.74) is 12.0. The van der Waals surface area contributed by atoms with Crippen molar-refractivity contribution in [1.82, 2.24) is 24.1 Å². The Balaban J connectivity index is 0.977.